The molecular weight excluding hydrogens is 396 g/mol. The molecule has 1 aromatic heterocycles. The number of ether oxygens (including phenoxy) is 1. The topological polar surface area (TPSA) is 52.1 Å². The molecule has 1 saturated carbocycles. The molecule has 0 amide bonds. The van der Waals surface area contributed by atoms with Gasteiger partial charge < -0.3 is 4.74 Å². The first kappa shape index (κ1) is 24.4. The van der Waals surface area contributed by atoms with E-state index in [-0.39, 0.29) is 5.97 Å². The van der Waals surface area contributed by atoms with Gasteiger partial charge in [-0.25, -0.2) is 9.97 Å². The van der Waals surface area contributed by atoms with Crippen molar-refractivity contribution in [1.82, 2.24) is 9.97 Å². The van der Waals surface area contributed by atoms with Crippen LogP contribution in [-0.4, -0.2) is 15.9 Å². The van der Waals surface area contributed by atoms with Crippen LogP contribution < -0.4 is 4.74 Å². The summed E-state index contributed by atoms with van der Waals surface area (Å²) in [6.07, 6.45) is 19.2. The van der Waals surface area contributed by atoms with E-state index in [9.17, 15) is 4.79 Å². The molecule has 0 radical (unpaired) electrons. The number of carbonyl (C=O) groups excluding carboxylic acids is 1. The third-order valence-electron chi connectivity index (χ3n) is 6.64. The van der Waals surface area contributed by atoms with Gasteiger partial charge in [0, 0.05) is 24.4 Å². The quantitative estimate of drug-likeness (QED) is 0.164. The molecule has 2 aromatic rings. The van der Waals surface area contributed by atoms with Gasteiger partial charge in [-0.05, 0) is 80.2 Å². The molecule has 174 valence electrons. The third-order valence-corrected chi connectivity index (χ3v) is 6.64. The van der Waals surface area contributed by atoms with E-state index in [0.717, 1.165) is 36.7 Å². The Labute approximate surface area is 194 Å². The minimum Gasteiger partial charge on any atom is -0.427 e. The maximum atomic E-state index is 12.2. The molecule has 0 spiro atoms. The predicted octanol–water partition coefficient (Wildman–Crippen LogP) is 7.56. The highest BCUT2D eigenvalue weighted by Gasteiger charge is 2.29. The summed E-state index contributed by atoms with van der Waals surface area (Å²) in [5.74, 6) is 2.86. The first-order valence-electron chi connectivity index (χ1n) is 12.8. The first-order chi connectivity index (χ1) is 15.7. The van der Waals surface area contributed by atoms with E-state index in [1.165, 1.54) is 63.4 Å². The van der Waals surface area contributed by atoms with Crippen LogP contribution in [0.2, 0.25) is 0 Å². The maximum Gasteiger partial charge on any atom is 0.311 e. The van der Waals surface area contributed by atoms with E-state index < -0.39 is 0 Å². The standard InChI is InChI=1S/C28H40N2O2/c1-3-5-6-7-8-9-11-22-20-29-28(30-21-22)25-16-18-26(19-17-25)32-27(31)13-10-12-23(4-2)24-14-15-24/h16-21,23-24H,3-15H2,1-2H3. The average Bonchev–Trinajstić information content (AvgIpc) is 3.65. The Bertz CT molecular complexity index is 797. The number of unbranched alkanes of at least 4 members (excludes halogenated alkanes) is 5. The predicted molar refractivity (Wildman–Crippen MR) is 131 cm³/mol. The Kier molecular flexibility index (Phi) is 10.2. The largest absolute Gasteiger partial charge is 0.427 e. The van der Waals surface area contributed by atoms with Crippen molar-refractivity contribution in [3.8, 4) is 17.1 Å². The molecule has 0 bridgehead atoms. The fourth-order valence-electron chi connectivity index (χ4n) is 4.45. The molecule has 0 N–H and O–H groups in total. The summed E-state index contributed by atoms with van der Waals surface area (Å²) in [5, 5.41) is 0. The Morgan fingerprint density at radius 1 is 0.969 bits per heavy atom. The molecule has 32 heavy (non-hydrogen) atoms. The zero-order valence-electron chi connectivity index (χ0n) is 20.0. The highest BCUT2D eigenvalue weighted by molar-refractivity contribution is 5.72. The van der Waals surface area contributed by atoms with Crippen molar-refractivity contribution < 1.29 is 9.53 Å². The molecule has 1 aromatic carbocycles. The van der Waals surface area contributed by atoms with Crippen LogP contribution >= 0.6 is 0 Å². The average molecular weight is 437 g/mol. The van der Waals surface area contributed by atoms with Crippen LogP contribution in [0.15, 0.2) is 36.7 Å². The van der Waals surface area contributed by atoms with Gasteiger partial charge in [-0.3, -0.25) is 4.79 Å². The second kappa shape index (κ2) is 13.3. The van der Waals surface area contributed by atoms with Crippen molar-refractivity contribution in [2.24, 2.45) is 11.8 Å². The van der Waals surface area contributed by atoms with Crippen LogP contribution in [0, 0.1) is 11.8 Å². The number of aromatic nitrogens is 2. The lowest BCUT2D eigenvalue weighted by Gasteiger charge is -2.12. The van der Waals surface area contributed by atoms with E-state index in [4.69, 9.17) is 4.74 Å². The van der Waals surface area contributed by atoms with Crippen LogP contribution in [0.4, 0.5) is 0 Å². The van der Waals surface area contributed by atoms with E-state index in [2.05, 4.69) is 23.8 Å². The zero-order chi connectivity index (χ0) is 22.6. The second-order valence-electron chi connectivity index (χ2n) is 9.33. The van der Waals surface area contributed by atoms with Gasteiger partial charge in [0.1, 0.15) is 5.75 Å². The van der Waals surface area contributed by atoms with Crippen LogP contribution in [0.3, 0.4) is 0 Å². The van der Waals surface area contributed by atoms with Crippen LogP contribution in [0.25, 0.3) is 11.4 Å². The van der Waals surface area contributed by atoms with Crippen molar-refractivity contribution in [1.29, 1.82) is 0 Å². The lowest BCUT2D eigenvalue weighted by atomic mass is 9.94. The number of hydrogen-bond donors (Lipinski definition) is 0. The number of nitrogens with zero attached hydrogens (tertiary/aromatic N) is 2. The third kappa shape index (κ3) is 8.37. The van der Waals surface area contributed by atoms with Gasteiger partial charge in [0.05, 0.1) is 0 Å². The minimum atomic E-state index is -0.140. The van der Waals surface area contributed by atoms with Gasteiger partial charge in [0.25, 0.3) is 0 Å². The number of esters is 1. The Hall–Kier alpha value is -2.23. The molecule has 4 heteroatoms. The SMILES string of the molecule is CCCCCCCCc1cnc(-c2ccc(OC(=O)CCCC(CC)C3CC3)cc2)nc1. The number of rotatable bonds is 15. The summed E-state index contributed by atoms with van der Waals surface area (Å²) in [6.45, 7) is 4.51. The molecule has 0 aliphatic heterocycles. The maximum absolute atomic E-state index is 12.2. The number of benzene rings is 1. The molecule has 3 rings (SSSR count). The van der Waals surface area contributed by atoms with Crippen LogP contribution in [-0.2, 0) is 11.2 Å². The lowest BCUT2D eigenvalue weighted by Crippen LogP contribution is -2.09. The Morgan fingerprint density at radius 2 is 1.66 bits per heavy atom. The second-order valence-corrected chi connectivity index (χ2v) is 9.33. The molecule has 1 aliphatic rings. The lowest BCUT2D eigenvalue weighted by molar-refractivity contribution is -0.134. The summed E-state index contributed by atoms with van der Waals surface area (Å²) < 4.78 is 5.52. The monoisotopic (exact) mass is 436 g/mol. The number of hydrogen-bond acceptors (Lipinski definition) is 4. The van der Waals surface area contributed by atoms with Crippen molar-refractivity contribution in [2.75, 3.05) is 0 Å². The molecule has 1 atom stereocenters. The molecule has 1 heterocycles. The molecule has 1 unspecified atom stereocenters. The van der Waals surface area contributed by atoms with Crippen molar-refractivity contribution in [3.05, 3.63) is 42.2 Å². The first-order valence-corrected chi connectivity index (χ1v) is 12.8. The zero-order valence-corrected chi connectivity index (χ0v) is 20.0. The van der Waals surface area contributed by atoms with Crippen molar-refractivity contribution in [3.63, 3.8) is 0 Å². The van der Waals surface area contributed by atoms with Crippen molar-refractivity contribution in [2.45, 2.75) is 97.3 Å². The smallest absolute Gasteiger partial charge is 0.311 e. The minimum absolute atomic E-state index is 0.140. The fourth-order valence-corrected chi connectivity index (χ4v) is 4.45. The molecular formula is C28H40N2O2. The van der Waals surface area contributed by atoms with Gasteiger partial charge in [0.15, 0.2) is 5.82 Å². The summed E-state index contributed by atoms with van der Waals surface area (Å²) in [6, 6.07) is 7.51. The van der Waals surface area contributed by atoms with E-state index >= 15 is 0 Å². The fraction of sp³-hybridized carbons (Fsp3) is 0.607. The summed E-state index contributed by atoms with van der Waals surface area (Å²) in [7, 11) is 0. The Balaban J connectivity index is 1.39. The van der Waals surface area contributed by atoms with E-state index in [0.29, 0.717) is 18.0 Å². The van der Waals surface area contributed by atoms with Gasteiger partial charge in [0.2, 0.25) is 0 Å². The summed E-state index contributed by atoms with van der Waals surface area (Å²) >= 11 is 0. The highest BCUT2D eigenvalue weighted by Crippen LogP contribution is 2.40. The van der Waals surface area contributed by atoms with Crippen molar-refractivity contribution >= 4 is 5.97 Å². The number of carbonyl (C=O) groups is 1. The Morgan fingerprint density at radius 3 is 2.31 bits per heavy atom. The molecule has 1 fully saturated rings. The summed E-state index contributed by atoms with van der Waals surface area (Å²) in [5.41, 5.74) is 2.13. The molecule has 0 saturated heterocycles. The number of aryl methyl sites for hydroxylation is 1. The normalized spacial score (nSPS) is 14.3. The molecule has 4 nitrogen and oxygen atoms in total. The summed E-state index contributed by atoms with van der Waals surface area (Å²) in [4.78, 5) is 21.2. The van der Waals surface area contributed by atoms with Crippen LogP contribution in [0.5, 0.6) is 5.75 Å². The van der Waals surface area contributed by atoms with E-state index in [1.807, 2.05) is 36.7 Å². The molecule has 1 aliphatic carbocycles. The van der Waals surface area contributed by atoms with Crippen LogP contribution in [0.1, 0.15) is 96.5 Å². The highest BCUT2D eigenvalue weighted by atomic mass is 16.5. The van der Waals surface area contributed by atoms with Gasteiger partial charge in [-0.1, -0.05) is 52.4 Å². The van der Waals surface area contributed by atoms with E-state index in [1.54, 1.807) is 0 Å². The van der Waals surface area contributed by atoms with Gasteiger partial charge >= 0.3 is 5.97 Å². The van der Waals surface area contributed by atoms with Gasteiger partial charge in [-0.2, -0.15) is 0 Å². The van der Waals surface area contributed by atoms with Gasteiger partial charge in [-0.15, -0.1) is 0 Å².